The Bertz CT molecular complexity index is 2400. The summed E-state index contributed by atoms with van der Waals surface area (Å²) >= 11 is 0. The number of aromatic nitrogens is 3. The van der Waals surface area contributed by atoms with Crippen molar-refractivity contribution in [3.8, 4) is 45.6 Å². The first-order valence-corrected chi connectivity index (χ1v) is 18.2. The summed E-state index contributed by atoms with van der Waals surface area (Å²) in [6.07, 6.45) is 6.40. The fourth-order valence-electron chi connectivity index (χ4n) is 6.96. The number of benzene rings is 5. The fraction of sp³-hybridized carbons (Fsp3) is 0.222. The van der Waals surface area contributed by atoms with Gasteiger partial charge in [0.05, 0.1) is 38.2 Å². The maximum Gasteiger partial charge on any atom is 0.162 e. The summed E-state index contributed by atoms with van der Waals surface area (Å²) in [7, 11) is 4.89. The van der Waals surface area contributed by atoms with Crippen LogP contribution in [0.5, 0.6) is 34.5 Å². The Kier molecular flexibility index (Phi) is 11.5. The molecule has 1 fully saturated rings. The summed E-state index contributed by atoms with van der Waals surface area (Å²) in [5.41, 5.74) is 7.68. The normalized spacial score (nSPS) is 12.9. The first-order valence-electron chi connectivity index (χ1n) is 18.2. The Balaban J connectivity index is 0.000000184. The van der Waals surface area contributed by atoms with Gasteiger partial charge in [-0.3, -0.25) is 4.98 Å². The van der Waals surface area contributed by atoms with Gasteiger partial charge in [-0.25, -0.2) is 9.97 Å². The molecule has 3 N–H and O–H groups in total. The Hall–Kier alpha value is -6.39. The summed E-state index contributed by atoms with van der Waals surface area (Å²) in [6, 6.07) is 33.7. The van der Waals surface area contributed by atoms with Crippen LogP contribution in [-0.2, 0) is 13.0 Å². The Morgan fingerprint density at radius 1 is 0.655 bits per heavy atom. The van der Waals surface area contributed by atoms with Crippen molar-refractivity contribution in [2.45, 2.75) is 31.8 Å². The number of hydrogen-bond acceptors (Lipinski definition) is 10. The monoisotopic (exact) mass is 736 g/mol. The maximum absolute atomic E-state index is 9.65. The highest BCUT2D eigenvalue weighted by Gasteiger charge is 2.16. The summed E-state index contributed by atoms with van der Waals surface area (Å²) in [5.74, 6) is 3.13. The number of aromatic hydroxyl groups is 2. The summed E-state index contributed by atoms with van der Waals surface area (Å²) in [6.45, 7) is 2.47. The molecule has 1 saturated heterocycles. The lowest BCUT2D eigenvalue weighted by atomic mass is 9.88. The second-order valence-electron chi connectivity index (χ2n) is 13.4. The van der Waals surface area contributed by atoms with Crippen LogP contribution in [0.2, 0.25) is 0 Å². The molecular formula is C45H44N4O6. The molecule has 0 radical (unpaired) electrons. The van der Waals surface area contributed by atoms with Gasteiger partial charge in [0.2, 0.25) is 0 Å². The molecule has 0 unspecified atom stereocenters. The molecule has 0 aliphatic carbocycles. The minimum atomic E-state index is -0.175. The van der Waals surface area contributed by atoms with Gasteiger partial charge < -0.3 is 34.5 Å². The minimum Gasteiger partial charge on any atom is -0.504 e. The third kappa shape index (κ3) is 8.71. The van der Waals surface area contributed by atoms with E-state index >= 15 is 0 Å². The van der Waals surface area contributed by atoms with E-state index in [4.69, 9.17) is 18.9 Å². The largest absolute Gasteiger partial charge is 0.504 e. The first-order chi connectivity index (χ1) is 26.9. The average Bonchev–Trinajstić information content (AvgIpc) is 3.24. The van der Waals surface area contributed by atoms with E-state index < -0.39 is 0 Å². The van der Waals surface area contributed by atoms with Gasteiger partial charge in [-0.1, -0.05) is 48.5 Å². The van der Waals surface area contributed by atoms with Crippen LogP contribution in [0, 0.1) is 0 Å². The predicted molar refractivity (Wildman–Crippen MR) is 215 cm³/mol. The molecule has 0 spiro atoms. The van der Waals surface area contributed by atoms with E-state index in [2.05, 4.69) is 68.8 Å². The zero-order valence-corrected chi connectivity index (χ0v) is 31.2. The SMILES string of the molecule is COc1cc2ncnc(Cc3cccc(-c4cccc(C5CCNCC5)c4)c3)c2cc1OC.COc1ccc(OCc2nccc3cc(O)c(O)cc23)cc1. The number of methoxy groups -OCH3 is 3. The molecule has 5 aromatic carbocycles. The molecule has 1 aliphatic heterocycles. The van der Waals surface area contributed by atoms with Gasteiger partial charge in [0.1, 0.15) is 24.4 Å². The number of fused-ring (bicyclic) bond motifs is 2. The molecule has 0 amide bonds. The van der Waals surface area contributed by atoms with Gasteiger partial charge >= 0.3 is 0 Å². The number of pyridine rings is 1. The molecule has 10 nitrogen and oxygen atoms in total. The third-order valence-corrected chi connectivity index (χ3v) is 9.93. The van der Waals surface area contributed by atoms with Crippen molar-refractivity contribution in [1.29, 1.82) is 0 Å². The predicted octanol–water partition coefficient (Wildman–Crippen LogP) is 8.61. The lowest BCUT2D eigenvalue weighted by molar-refractivity contribution is 0.302. The van der Waals surface area contributed by atoms with Crippen LogP contribution < -0.4 is 24.3 Å². The number of piperidine rings is 1. The van der Waals surface area contributed by atoms with Crippen molar-refractivity contribution in [2.24, 2.45) is 0 Å². The highest BCUT2D eigenvalue weighted by molar-refractivity contribution is 5.87. The van der Waals surface area contributed by atoms with Gasteiger partial charge in [-0.2, -0.15) is 0 Å². The summed E-state index contributed by atoms with van der Waals surface area (Å²) in [5, 5.41) is 25.2. The number of nitrogens with zero attached hydrogens (tertiary/aromatic N) is 3. The van der Waals surface area contributed by atoms with Crippen molar-refractivity contribution in [3.05, 3.63) is 138 Å². The molecule has 0 atom stereocenters. The van der Waals surface area contributed by atoms with Gasteiger partial charge in [0, 0.05) is 29.5 Å². The second kappa shape index (κ2) is 17.2. The molecule has 3 heterocycles. The van der Waals surface area contributed by atoms with Crippen LogP contribution in [0.1, 0.15) is 41.3 Å². The quantitative estimate of drug-likeness (QED) is 0.118. The van der Waals surface area contributed by atoms with E-state index in [0.29, 0.717) is 28.9 Å². The van der Waals surface area contributed by atoms with Crippen molar-refractivity contribution in [2.75, 3.05) is 34.4 Å². The lowest BCUT2D eigenvalue weighted by Gasteiger charge is -2.23. The van der Waals surface area contributed by atoms with Gasteiger partial charge in [0.15, 0.2) is 23.0 Å². The molecular weight excluding hydrogens is 693 g/mol. The zero-order chi connectivity index (χ0) is 38.1. The molecule has 280 valence electrons. The number of nitrogens with one attached hydrogen (secondary N) is 1. The van der Waals surface area contributed by atoms with Gasteiger partial charge in [-0.05, 0) is 108 Å². The lowest BCUT2D eigenvalue weighted by Crippen LogP contribution is -2.26. The van der Waals surface area contributed by atoms with Crippen LogP contribution in [0.3, 0.4) is 0 Å². The molecule has 2 aromatic heterocycles. The summed E-state index contributed by atoms with van der Waals surface area (Å²) < 4.78 is 21.7. The van der Waals surface area contributed by atoms with Crippen molar-refractivity contribution < 1.29 is 29.2 Å². The first kappa shape index (κ1) is 36.9. The highest BCUT2D eigenvalue weighted by Crippen LogP contribution is 2.34. The zero-order valence-electron chi connectivity index (χ0n) is 31.2. The highest BCUT2D eigenvalue weighted by atomic mass is 16.5. The van der Waals surface area contributed by atoms with Crippen molar-refractivity contribution >= 4 is 21.7 Å². The van der Waals surface area contributed by atoms with Crippen molar-refractivity contribution in [1.82, 2.24) is 20.3 Å². The molecule has 1 aliphatic rings. The molecule has 0 saturated carbocycles. The molecule has 7 aromatic rings. The molecule has 55 heavy (non-hydrogen) atoms. The second-order valence-corrected chi connectivity index (χ2v) is 13.4. The molecule has 10 heteroatoms. The van der Waals surface area contributed by atoms with E-state index in [9.17, 15) is 10.2 Å². The van der Waals surface area contributed by atoms with Gasteiger partial charge in [0.25, 0.3) is 0 Å². The topological polar surface area (TPSA) is 128 Å². The maximum atomic E-state index is 9.65. The van der Waals surface area contributed by atoms with E-state index in [-0.39, 0.29) is 18.1 Å². The van der Waals surface area contributed by atoms with Crippen LogP contribution in [0.4, 0.5) is 0 Å². The number of rotatable bonds is 10. The van der Waals surface area contributed by atoms with E-state index in [1.165, 1.54) is 47.2 Å². The van der Waals surface area contributed by atoms with Crippen LogP contribution >= 0.6 is 0 Å². The smallest absolute Gasteiger partial charge is 0.162 e. The van der Waals surface area contributed by atoms with Crippen LogP contribution in [0.25, 0.3) is 32.8 Å². The fourth-order valence-corrected chi connectivity index (χ4v) is 6.96. The van der Waals surface area contributed by atoms with Crippen molar-refractivity contribution in [3.63, 3.8) is 0 Å². The van der Waals surface area contributed by atoms with E-state index in [1.807, 2.05) is 36.4 Å². The summed E-state index contributed by atoms with van der Waals surface area (Å²) in [4.78, 5) is 13.3. The Morgan fingerprint density at radius 2 is 1.36 bits per heavy atom. The Labute approximate surface area is 320 Å². The van der Waals surface area contributed by atoms with E-state index in [1.54, 1.807) is 39.9 Å². The number of phenols is 2. The third-order valence-electron chi connectivity index (χ3n) is 9.93. The Morgan fingerprint density at radius 3 is 2.13 bits per heavy atom. The molecule has 0 bridgehead atoms. The standard InChI is InChI=1S/C28H29N3O2.C17H15NO4/c1-32-27-16-24-25(30-18-31-26(24)17-28(27)33-2)14-19-5-3-6-21(13-19)23-8-4-7-22(15-23)20-9-11-29-12-10-20;1-21-12-2-4-13(5-3-12)22-10-15-14-9-17(20)16(19)8-11(14)6-7-18-15/h3-8,13,15-18,20,29H,9-12,14H2,1-2H3;2-9,19-20H,10H2,1H3. The van der Waals surface area contributed by atoms with Crippen LogP contribution in [0.15, 0.2) is 116 Å². The minimum absolute atomic E-state index is 0.152. The number of phenolic OH excluding ortho intramolecular Hbond substituents is 2. The van der Waals surface area contributed by atoms with E-state index in [0.717, 1.165) is 52.6 Å². The van der Waals surface area contributed by atoms with Gasteiger partial charge in [-0.15, -0.1) is 0 Å². The molecule has 8 rings (SSSR count). The average molecular weight is 737 g/mol. The van der Waals surface area contributed by atoms with Crippen LogP contribution in [-0.4, -0.2) is 59.6 Å². The number of ether oxygens (including phenoxy) is 4. The number of hydrogen-bond donors (Lipinski definition) is 3.